The molecule has 320 valence electrons. The molecule has 1 aromatic heterocycles. The molecule has 2 heteroatoms. The molecule has 0 atom stereocenters. The van der Waals surface area contributed by atoms with E-state index in [2.05, 4.69) is 289 Å². The zero-order chi connectivity index (χ0) is 45.2. The van der Waals surface area contributed by atoms with Gasteiger partial charge in [0.1, 0.15) is 0 Å². The first-order valence-corrected chi connectivity index (χ1v) is 23.3. The van der Waals surface area contributed by atoms with Crippen molar-refractivity contribution in [3.63, 3.8) is 0 Å². The van der Waals surface area contributed by atoms with Gasteiger partial charge in [0.05, 0.1) is 16.7 Å². The molecule has 0 bridgehead atoms. The highest BCUT2D eigenvalue weighted by Gasteiger charge is 2.21. The largest absolute Gasteiger partial charge is 0.310 e. The third-order valence-corrected chi connectivity index (χ3v) is 13.3. The SMILES string of the molecule is c1ccc(-c2cccc(-c3ccc(N(c4ccc(-c5ccc(-n6c7ccccc7c7ccccc76)cc5)cc4)c4ccccc4-c4ccccc4-c4ccccc4-c4ccccc4)cc3)c2)cc1. The van der Waals surface area contributed by atoms with E-state index in [0.29, 0.717) is 0 Å². The van der Waals surface area contributed by atoms with Crippen LogP contribution in [0.3, 0.4) is 0 Å². The van der Waals surface area contributed by atoms with Gasteiger partial charge in [-0.2, -0.15) is 0 Å². The van der Waals surface area contributed by atoms with Gasteiger partial charge in [-0.15, -0.1) is 0 Å². The third-order valence-electron chi connectivity index (χ3n) is 13.3. The van der Waals surface area contributed by atoms with Crippen molar-refractivity contribution >= 4 is 38.9 Å². The molecule has 0 amide bonds. The van der Waals surface area contributed by atoms with Crippen molar-refractivity contribution in [3.8, 4) is 72.4 Å². The molecule has 12 aromatic rings. The van der Waals surface area contributed by atoms with Crippen LogP contribution in [0.2, 0.25) is 0 Å². The van der Waals surface area contributed by atoms with Crippen LogP contribution in [0.1, 0.15) is 0 Å². The molecule has 0 radical (unpaired) electrons. The van der Waals surface area contributed by atoms with Crippen LogP contribution in [0.25, 0.3) is 94.3 Å². The van der Waals surface area contributed by atoms with Crippen LogP contribution in [0.4, 0.5) is 17.1 Å². The minimum Gasteiger partial charge on any atom is -0.310 e. The van der Waals surface area contributed by atoms with Crippen LogP contribution >= 0.6 is 0 Å². The third kappa shape index (κ3) is 7.54. The van der Waals surface area contributed by atoms with E-state index in [0.717, 1.165) is 33.9 Å². The molecule has 0 saturated carbocycles. The van der Waals surface area contributed by atoms with Gasteiger partial charge in [-0.25, -0.2) is 0 Å². The summed E-state index contributed by atoms with van der Waals surface area (Å²) in [5.74, 6) is 0. The summed E-state index contributed by atoms with van der Waals surface area (Å²) in [7, 11) is 0. The highest BCUT2D eigenvalue weighted by atomic mass is 15.1. The minimum atomic E-state index is 1.07. The Morgan fingerprint density at radius 1 is 0.235 bits per heavy atom. The van der Waals surface area contributed by atoms with Crippen molar-refractivity contribution < 1.29 is 0 Å². The zero-order valence-electron chi connectivity index (χ0n) is 37.5. The average molecular weight is 867 g/mol. The highest BCUT2D eigenvalue weighted by molar-refractivity contribution is 6.09. The monoisotopic (exact) mass is 866 g/mol. The molecule has 0 aliphatic carbocycles. The maximum absolute atomic E-state index is 2.41. The van der Waals surface area contributed by atoms with E-state index in [-0.39, 0.29) is 0 Å². The minimum absolute atomic E-state index is 1.07. The van der Waals surface area contributed by atoms with Crippen molar-refractivity contribution in [2.24, 2.45) is 0 Å². The Kier molecular flexibility index (Phi) is 10.6. The van der Waals surface area contributed by atoms with E-state index >= 15 is 0 Å². The van der Waals surface area contributed by atoms with Crippen molar-refractivity contribution in [2.45, 2.75) is 0 Å². The smallest absolute Gasteiger partial charge is 0.0541 e. The number of aromatic nitrogens is 1. The van der Waals surface area contributed by atoms with Crippen molar-refractivity contribution in [2.75, 3.05) is 4.90 Å². The maximum atomic E-state index is 2.41. The predicted octanol–water partition coefficient (Wildman–Crippen LogP) is 18.3. The van der Waals surface area contributed by atoms with Gasteiger partial charge in [-0.1, -0.05) is 218 Å². The summed E-state index contributed by atoms with van der Waals surface area (Å²) in [5.41, 5.74) is 21.0. The fourth-order valence-electron chi connectivity index (χ4n) is 9.98. The summed E-state index contributed by atoms with van der Waals surface area (Å²) in [6.07, 6.45) is 0. The number of anilines is 3. The molecule has 0 aliphatic heterocycles. The Labute approximate surface area is 397 Å². The topological polar surface area (TPSA) is 8.17 Å². The van der Waals surface area contributed by atoms with Crippen LogP contribution in [-0.2, 0) is 0 Å². The van der Waals surface area contributed by atoms with Gasteiger partial charge < -0.3 is 9.47 Å². The zero-order valence-corrected chi connectivity index (χ0v) is 37.5. The summed E-state index contributed by atoms with van der Waals surface area (Å²) in [4.78, 5) is 2.41. The summed E-state index contributed by atoms with van der Waals surface area (Å²) >= 11 is 0. The van der Waals surface area contributed by atoms with Crippen molar-refractivity contribution in [3.05, 3.63) is 279 Å². The second-order valence-corrected chi connectivity index (χ2v) is 17.3. The Morgan fingerprint density at radius 2 is 0.603 bits per heavy atom. The molecular weight excluding hydrogens is 821 g/mol. The lowest BCUT2D eigenvalue weighted by molar-refractivity contribution is 1.18. The lowest BCUT2D eigenvalue weighted by Gasteiger charge is -2.29. The number of rotatable bonds is 10. The fourth-order valence-corrected chi connectivity index (χ4v) is 9.98. The van der Waals surface area contributed by atoms with Gasteiger partial charge in [0.25, 0.3) is 0 Å². The summed E-state index contributed by atoms with van der Waals surface area (Å²) in [5, 5.41) is 2.53. The Hall–Kier alpha value is -8.98. The van der Waals surface area contributed by atoms with Crippen LogP contribution in [0.5, 0.6) is 0 Å². The van der Waals surface area contributed by atoms with Gasteiger partial charge in [0, 0.05) is 33.4 Å². The number of hydrogen-bond donors (Lipinski definition) is 0. The Bertz CT molecular complexity index is 3650. The summed E-state index contributed by atoms with van der Waals surface area (Å²) in [6.45, 7) is 0. The van der Waals surface area contributed by atoms with E-state index in [1.165, 1.54) is 77.4 Å². The number of fused-ring (bicyclic) bond motifs is 3. The Balaban J connectivity index is 0.950. The lowest BCUT2D eigenvalue weighted by Crippen LogP contribution is -2.11. The number of para-hydroxylation sites is 3. The van der Waals surface area contributed by atoms with Gasteiger partial charge in [0.2, 0.25) is 0 Å². The van der Waals surface area contributed by atoms with Gasteiger partial charge >= 0.3 is 0 Å². The second kappa shape index (κ2) is 17.8. The van der Waals surface area contributed by atoms with Gasteiger partial charge in [-0.3, -0.25) is 0 Å². The van der Waals surface area contributed by atoms with E-state index < -0.39 is 0 Å². The number of nitrogens with zero attached hydrogens (tertiary/aromatic N) is 2. The average Bonchev–Trinajstić information content (AvgIpc) is 3.76. The first-order chi connectivity index (χ1) is 33.7. The molecule has 0 fully saturated rings. The van der Waals surface area contributed by atoms with Crippen LogP contribution < -0.4 is 4.90 Å². The van der Waals surface area contributed by atoms with E-state index in [1.54, 1.807) is 0 Å². The molecule has 1 heterocycles. The molecule has 0 aliphatic rings. The summed E-state index contributed by atoms with van der Waals surface area (Å²) in [6, 6.07) is 101. The van der Waals surface area contributed by atoms with Gasteiger partial charge in [-0.05, 0) is 122 Å². The van der Waals surface area contributed by atoms with E-state index in [1.807, 2.05) is 0 Å². The second-order valence-electron chi connectivity index (χ2n) is 17.3. The quantitative estimate of drug-likeness (QED) is 0.133. The molecule has 0 spiro atoms. The molecule has 0 saturated heterocycles. The first kappa shape index (κ1) is 40.5. The number of hydrogen-bond acceptors (Lipinski definition) is 1. The maximum Gasteiger partial charge on any atom is 0.0541 e. The fraction of sp³-hybridized carbons (Fsp3) is 0. The summed E-state index contributed by atoms with van der Waals surface area (Å²) < 4.78 is 2.37. The van der Waals surface area contributed by atoms with Crippen LogP contribution in [0, 0.1) is 0 Å². The molecular formula is C66H46N2. The molecule has 68 heavy (non-hydrogen) atoms. The Morgan fingerprint density at radius 3 is 1.16 bits per heavy atom. The molecule has 0 N–H and O–H groups in total. The van der Waals surface area contributed by atoms with Gasteiger partial charge in [0.15, 0.2) is 0 Å². The van der Waals surface area contributed by atoms with Crippen molar-refractivity contribution in [1.82, 2.24) is 4.57 Å². The molecule has 2 nitrogen and oxygen atoms in total. The standard InChI is InChI=1S/C66H46N2/c1-3-18-47(19-4-1)52-22-17-23-53(46-52)50-38-42-55(43-39-50)67(64-31-14-11-28-61(64)60-27-10-9-26-59(60)58-25-8-7-24-57(58)51-20-5-2-6-21-51)54-40-34-48(35-41-54)49-36-44-56(45-37-49)68-65-32-15-12-29-62(65)63-30-13-16-33-66(63)68/h1-46H. The molecule has 11 aromatic carbocycles. The number of benzene rings is 11. The first-order valence-electron chi connectivity index (χ1n) is 23.3. The van der Waals surface area contributed by atoms with Crippen molar-refractivity contribution in [1.29, 1.82) is 0 Å². The lowest BCUT2D eigenvalue weighted by atomic mass is 9.88. The predicted molar refractivity (Wildman–Crippen MR) is 288 cm³/mol. The molecule has 12 rings (SSSR count). The van der Waals surface area contributed by atoms with E-state index in [4.69, 9.17) is 0 Å². The normalized spacial score (nSPS) is 11.2. The van der Waals surface area contributed by atoms with E-state index in [9.17, 15) is 0 Å². The highest BCUT2D eigenvalue weighted by Crippen LogP contribution is 2.46. The van der Waals surface area contributed by atoms with Crippen LogP contribution in [0.15, 0.2) is 279 Å². The molecule has 0 unspecified atom stereocenters. The van der Waals surface area contributed by atoms with Crippen LogP contribution in [-0.4, -0.2) is 4.57 Å².